The molecule has 2 spiro atoms. The first-order chi connectivity index (χ1) is 21.3. The first-order valence-electron chi connectivity index (χ1n) is 17.4. The minimum atomic E-state index is -0.747. The lowest BCUT2D eigenvalue weighted by atomic mass is 9.40. The van der Waals surface area contributed by atoms with Gasteiger partial charge in [-0.1, -0.05) is 84.0 Å². The van der Waals surface area contributed by atoms with Gasteiger partial charge < -0.3 is 4.74 Å². The number of carbonyl (C=O) groups excluding carboxylic acids is 1. The summed E-state index contributed by atoms with van der Waals surface area (Å²) in [6.45, 7) is 15.6. The van der Waals surface area contributed by atoms with E-state index in [2.05, 4.69) is 65.8 Å². The number of nitrogens with zero attached hydrogens (tertiary/aromatic N) is 3. The average molecular weight is 614 g/mol. The van der Waals surface area contributed by atoms with Crippen LogP contribution in [-0.2, 0) is 20.6 Å². The number of esters is 1. The summed E-state index contributed by atoms with van der Waals surface area (Å²) in [5.41, 5.74) is -1.49. The lowest BCUT2D eigenvalue weighted by Gasteiger charge is -2.71. The molecular formula is C38H51N3O4. The van der Waals surface area contributed by atoms with Gasteiger partial charge in [0, 0.05) is 18.8 Å². The molecule has 7 heteroatoms. The second-order valence-electron chi connectivity index (χ2n) is 16.1. The van der Waals surface area contributed by atoms with Gasteiger partial charge >= 0.3 is 17.3 Å². The molecule has 3 fully saturated rings. The molecular weight excluding hydrogens is 562 g/mol. The zero-order valence-electron chi connectivity index (χ0n) is 28.2. The summed E-state index contributed by atoms with van der Waals surface area (Å²) in [4.78, 5) is 41.7. The fraction of sp³-hybridized carbons (Fsp3) is 0.658. The molecule has 0 radical (unpaired) electrons. The third kappa shape index (κ3) is 3.91. The summed E-state index contributed by atoms with van der Waals surface area (Å²) >= 11 is 0. The number of fused-ring (bicyclic) bond motifs is 1. The zero-order chi connectivity index (χ0) is 32.1. The molecule has 10 atom stereocenters. The summed E-state index contributed by atoms with van der Waals surface area (Å²) in [5.74, 6) is 2.24. The molecule has 0 N–H and O–H groups in total. The molecule has 3 heterocycles. The molecule has 8 rings (SSSR count). The Labute approximate surface area is 267 Å². The van der Waals surface area contributed by atoms with Crippen molar-refractivity contribution < 1.29 is 9.53 Å². The van der Waals surface area contributed by atoms with Crippen LogP contribution in [0.1, 0.15) is 93.4 Å². The molecule has 7 nitrogen and oxygen atoms in total. The maximum atomic E-state index is 14.8. The van der Waals surface area contributed by atoms with Crippen molar-refractivity contribution in [2.24, 2.45) is 46.3 Å². The van der Waals surface area contributed by atoms with Gasteiger partial charge in [0.15, 0.2) is 0 Å². The number of aromatic nitrogens is 3. The van der Waals surface area contributed by atoms with Crippen LogP contribution in [0.5, 0.6) is 0 Å². The van der Waals surface area contributed by atoms with Gasteiger partial charge in [-0.3, -0.25) is 4.79 Å². The predicted octanol–water partition coefficient (Wildman–Crippen LogP) is 6.82. The van der Waals surface area contributed by atoms with Crippen LogP contribution >= 0.6 is 0 Å². The Morgan fingerprint density at radius 1 is 0.889 bits per heavy atom. The van der Waals surface area contributed by atoms with Gasteiger partial charge in [0.05, 0.1) is 16.8 Å². The Bertz CT molecular complexity index is 1680. The molecule has 3 saturated carbocycles. The van der Waals surface area contributed by atoms with E-state index in [-0.39, 0.29) is 46.1 Å². The first kappa shape index (κ1) is 30.6. The van der Waals surface area contributed by atoms with Crippen LogP contribution in [0.3, 0.4) is 0 Å². The van der Waals surface area contributed by atoms with E-state index in [4.69, 9.17) is 4.74 Å². The number of rotatable bonds is 6. The van der Waals surface area contributed by atoms with E-state index >= 15 is 0 Å². The lowest BCUT2D eigenvalue weighted by molar-refractivity contribution is -0.204. The smallest absolute Gasteiger partial charge is 0.352 e. The topological polar surface area (TPSA) is 75.2 Å². The Kier molecular flexibility index (Phi) is 6.93. The molecule has 1 aromatic carbocycles. The highest BCUT2D eigenvalue weighted by Crippen LogP contribution is 2.74. The quantitative estimate of drug-likeness (QED) is 0.265. The third-order valence-electron chi connectivity index (χ3n) is 13.8. The molecule has 1 aromatic heterocycles. The normalized spacial score (nSPS) is 39.3. The van der Waals surface area contributed by atoms with E-state index in [1.165, 1.54) is 11.5 Å². The fourth-order valence-electron chi connectivity index (χ4n) is 11.3. The number of benzene rings is 1. The number of carbonyl (C=O) groups is 1. The van der Waals surface area contributed by atoms with Gasteiger partial charge in [-0.05, 0) is 91.6 Å². The Balaban J connectivity index is 1.42. The van der Waals surface area contributed by atoms with Crippen molar-refractivity contribution in [2.75, 3.05) is 0 Å². The van der Waals surface area contributed by atoms with Crippen LogP contribution in [0.2, 0.25) is 0 Å². The maximum absolute atomic E-state index is 14.8. The monoisotopic (exact) mass is 613 g/mol. The molecule has 6 aliphatic rings. The van der Waals surface area contributed by atoms with Crippen LogP contribution in [-0.4, -0.2) is 26.0 Å². The molecule has 2 unspecified atom stereocenters. The summed E-state index contributed by atoms with van der Waals surface area (Å²) in [7, 11) is 0. The summed E-state index contributed by atoms with van der Waals surface area (Å²) < 4.78 is 11.0. The van der Waals surface area contributed by atoms with E-state index in [9.17, 15) is 14.4 Å². The second-order valence-corrected chi connectivity index (χ2v) is 16.1. The molecule has 2 bridgehead atoms. The van der Waals surface area contributed by atoms with Gasteiger partial charge in [0.2, 0.25) is 0 Å². The van der Waals surface area contributed by atoms with Crippen molar-refractivity contribution in [3.05, 3.63) is 75.6 Å². The van der Waals surface area contributed by atoms with Crippen LogP contribution in [0, 0.1) is 46.3 Å². The fourth-order valence-corrected chi connectivity index (χ4v) is 11.3. The van der Waals surface area contributed by atoms with Crippen LogP contribution in [0.15, 0.2) is 64.2 Å². The molecule has 0 saturated heterocycles. The predicted molar refractivity (Wildman–Crippen MR) is 176 cm³/mol. The first-order valence-corrected chi connectivity index (χ1v) is 17.4. The van der Waals surface area contributed by atoms with Crippen LogP contribution in [0.25, 0.3) is 5.69 Å². The third-order valence-corrected chi connectivity index (χ3v) is 13.8. The maximum Gasteiger partial charge on any atom is 0.352 e. The molecule has 2 aliphatic heterocycles. The van der Waals surface area contributed by atoms with E-state index in [0.29, 0.717) is 35.8 Å². The van der Waals surface area contributed by atoms with E-state index in [0.717, 1.165) is 38.5 Å². The Morgan fingerprint density at radius 2 is 1.60 bits per heavy atom. The Hall–Kier alpha value is -3.09. The van der Waals surface area contributed by atoms with Gasteiger partial charge in [-0.15, -0.1) is 0 Å². The van der Waals surface area contributed by atoms with Crippen molar-refractivity contribution in [3.8, 4) is 5.69 Å². The zero-order valence-corrected chi connectivity index (χ0v) is 28.2. The molecule has 2 aromatic rings. The van der Waals surface area contributed by atoms with E-state index in [1.54, 1.807) is 0 Å². The second kappa shape index (κ2) is 10.2. The van der Waals surface area contributed by atoms with Gasteiger partial charge in [-0.25, -0.2) is 23.5 Å². The highest BCUT2D eigenvalue weighted by Gasteiger charge is 2.75. The van der Waals surface area contributed by atoms with Crippen LogP contribution < -0.4 is 11.4 Å². The molecule has 45 heavy (non-hydrogen) atoms. The summed E-state index contributed by atoms with van der Waals surface area (Å²) in [6, 6.07) is 9.37. The Morgan fingerprint density at radius 3 is 2.29 bits per heavy atom. The molecule has 242 valence electrons. The number of hydrogen-bond acceptors (Lipinski definition) is 4. The van der Waals surface area contributed by atoms with E-state index in [1.807, 2.05) is 39.7 Å². The summed E-state index contributed by atoms with van der Waals surface area (Å²) in [5, 5.41) is 0. The van der Waals surface area contributed by atoms with Gasteiger partial charge in [-0.2, -0.15) is 0 Å². The molecule has 4 aliphatic carbocycles. The standard InChI is InChI=1S/C38H51N3O4/c1-24(2)25(3)13-14-26(4)30-15-16-31-35(30,6)19-18-32-36(7)20-17-29(45-27(5)42)23-37(36)21-22-38(31,32)41-34(44)39(33(43)40(37)41)28-11-9-8-10-12-28/h8-14,21-22,24-26,29-32H,15-20,23H2,1-7H3/b14-13+/t25-,26+,29-,30+,31?,32?,35+,36+,37+,38-/m0/s1. The van der Waals surface area contributed by atoms with E-state index < -0.39 is 11.1 Å². The minimum absolute atomic E-state index is 0.0312. The van der Waals surface area contributed by atoms with Crippen molar-refractivity contribution in [1.82, 2.24) is 13.9 Å². The minimum Gasteiger partial charge on any atom is -0.462 e. The number of allylic oxidation sites excluding steroid dienone is 4. The largest absolute Gasteiger partial charge is 0.462 e. The average Bonchev–Trinajstić information content (AvgIpc) is 3.50. The number of hydrogen-bond donors (Lipinski definition) is 0. The van der Waals surface area contributed by atoms with Gasteiger partial charge in [0.1, 0.15) is 6.10 Å². The highest BCUT2D eigenvalue weighted by atomic mass is 16.5. The molecule has 0 amide bonds. The van der Waals surface area contributed by atoms with Gasteiger partial charge in [0.25, 0.3) is 0 Å². The van der Waals surface area contributed by atoms with Crippen molar-refractivity contribution in [3.63, 3.8) is 0 Å². The number of para-hydroxylation sites is 1. The van der Waals surface area contributed by atoms with Crippen molar-refractivity contribution >= 4 is 5.97 Å². The summed E-state index contributed by atoms with van der Waals surface area (Å²) in [6.07, 6.45) is 15.6. The SMILES string of the molecule is CC(=O)O[C@H]1CC[C@]2(C)C3CC[C@@]4(C)C(CC[C@@H]4[C@H](C)/C=C/[C@H](C)C(C)C)[C@@]34C=C[C@]2(C1)n1c(=O)n(-c2ccccc2)c(=O)n14. The number of ether oxygens (including phenoxy) is 1. The van der Waals surface area contributed by atoms with Crippen LogP contribution in [0.4, 0.5) is 0 Å². The highest BCUT2D eigenvalue weighted by molar-refractivity contribution is 5.66. The van der Waals surface area contributed by atoms with Crippen molar-refractivity contribution in [2.45, 2.75) is 111 Å². The lowest BCUT2D eigenvalue weighted by Crippen LogP contribution is -2.76. The van der Waals surface area contributed by atoms with Crippen molar-refractivity contribution in [1.29, 1.82) is 0 Å².